The molecule has 1 heterocycles. The number of carbonyl (C=O) groups is 2. The number of hydrogen-bond acceptors (Lipinski definition) is 3. The van der Waals surface area contributed by atoms with E-state index in [1.54, 1.807) is 24.3 Å². The molecule has 3 rings (SSSR count). The average Bonchev–Trinajstić information content (AvgIpc) is 2.77. The van der Waals surface area contributed by atoms with Crippen LogP contribution in [0.15, 0.2) is 42.5 Å². The molecule has 0 aromatic heterocycles. The maximum Gasteiger partial charge on any atom is 0.256 e. The van der Waals surface area contributed by atoms with Crippen LogP contribution in [0.2, 0.25) is 10.0 Å². The SMILES string of the molecule is O=C1CC(Nc2cccc(F)c2)C(=O)N1c1cccc(Cl)c1Cl. The number of halogens is 3. The van der Waals surface area contributed by atoms with Crippen molar-refractivity contribution in [2.45, 2.75) is 12.5 Å². The molecule has 118 valence electrons. The quantitative estimate of drug-likeness (QED) is 0.852. The molecule has 1 saturated heterocycles. The fourth-order valence-electron chi connectivity index (χ4n) is 2.44. The molecule has 7 heteroatoms. The predicted molar refractivity (Wildman–Crippen MR) is 87.4 cm³/mol. The van der Waals surface area contributed by atoms with E-state index >= 15 is 0 Å². The van der Waals surface area contributed by atoms with Crippen molar-refractivity contribution in [3.05, 3.63) is 58.3 Å². The minimum atomic E-state index is -0.778. The van der Waals surface area contributed by atoms with E-state index in [1.807, 2.05) is 0 Å². The molecule has 2 amide bonds. The minimum absolute atomic E-state index is 0.0435. The van der Waals surface area contributed by atoms with Crippen LogP contribution in [0.1, 0.15) is 6.42 Å². The first-order chi connectivity index (χ1) is 11.0. The highest BCUT2D eigenvalue weighted by molar-refractivity contribution is 6.45. The molecule has 4 nitrogen and oxygen atoms in total. The Kier molecular flexibility index (Phi) is 4.24. The van der Waals surface area contributed by atoms with Gasteiger partial charge in [-0.3, -0.25) is 9.59 Å². The Labute approximate surface area is 141 Å². The first kappa shape index (κ1) is 15.8. The number of nitrogens with one attached hydrogen (secondary N) is 1. The van der Waals surface area contributed by atoms with Crippen LogP contribution in [0.3, 0.4) is 0 Å². The Balaban J connectivity index is 1.87. The Morgan fingerprint density at radius 3 is 2.61 bits per heavy atom. The molecular weight excluding hydrogens is 342 g/mol. The molecule has 0 bridgehead atoms. The van der Waals surface area contributed by atoms with Gasteiger partial charge in [-0.1, -0.05) is 35.3 Å². The van der Waals surface area contributed by atoms with E-state index < -0.39 is 23.7 Å². The van der Waals surface area contributed by atoms with Crippen molar-refractivity contribution in [2.75, 3.05) is 10.2 Å². The van der Waals surface area contributed by atoms with E-state index in [0.29, 0.717) is 5.69 Å². The third-order valence-corrected chi connectivity index (χ3v) is 4.29. The Morgan fingerprint density at radius 2 is 1.87 bits per heavy atom. The van der Waals surface area contributed by atoms with Crippen LogP contribution in [0.25, 0.3) is 0 Å². The number of carbonyl (C=O) groups excluding carboxylic acids is 2. The van der Waals surface area contributed by atoms with Crippen molar-refractivity contribution < 1.29 is 14.0 Å². The van der Waals surface area contributed by atoms with Crippen molar-refractivity contribution in [2.24, 2.45) is 0 Å². The second-order valence-electron chi connectivity index (χ2n) is 5.05. The van der Waals surface area contributed by atoms with Crippen LogP contribution in [-0.2, 0) is 9.59 Å². The zero-order valence-corrected chi connectivity index (χ0v) is 13.2. The lowest BCUT2D eigenvalue weighted by Gasteiger charge is -2.17. The topological polar surface area (TPSA) is 49.4 Å². The van der Waals surface area contributed by atoms with Gasteiger partial charge in [0.1, 0.15) is 11.9 Å². The molecule has 2 aromatic carbocycles. The third-order valence-electron chi connectivity index (χ3n) is 3.48. The number of anilines is 2. The maximum atomic E-state index is 13.2. The van der Waals surface area contributed by atoms with Gasteiger partial charge in [0.15, 0.2) is 0 Å². The van der Waals surface area contributed by atoms with Crippen molar-refractivity contribution >= 4 is 46.4 Å². The molecule has 0 saturated carbocycles. The largest absolute Gasteiger partial charge is 0.373 e. The second kappa shape index (κ2) is 6.18. The molecule has 1 aliphatic heterocycles. The molecule has 23 heavy (non-hydrogen) atoms. The molecular formula is C16H11Cl2FN2O2. The molecule has 0 radical (unpaired) electrons. The van der Waals surface area contributed by atoms with Crippen molar-refractivity contribution in [3.8, 4) is 0 Å². The molecule has 0 spiro atoms. The van der Waals surface area contributed by atoms with Gasteiger partial charge in [0.2, 0.25) is 5.91 Å². The first-order valence-electron chi connectivity index (χ1n) is 6.80. The van der Waals surface area contributed by atoms with Gasteiger partial charge in [0.05, 0.1) is 22.2 Å². The van der Waals surface area contributed by atoms with E-state index in [9.17, 15) is 14.0 Å². The summed E-state index contributed by atoms with van der Waals surface area (Å²) in [6, 6.07) is 9.64. The number of nitrogens with zero attached hydrogens (tertiary/aromatic N) is 1. The van der Waals surface area contributed by atoms with Gasteiger partial charge in [0.25, 0.3) is 5.91 Å². The Morgan fingerprint density at radius 1 is 1.13 bits per heavy atom. The Hall–Kier alpha value is -2.11. The van der Waals surface area contributed by atoms with Crippen LogP contribution < -0.4 is 10.2 Å². The van der Waals surface area contributed by atoms with Gasteiger partial charge in [-0.15, -0.1) is 0 Å². The molecule has 2 aromatic rings. The number of benzene rings is 2. The normalized spacial score (nSPS) is 17.7. The maximum absolute atomic E-state index is 13.2. The fourth-order valence-corrected chi connectivity index (χ4v) is 2.82. The molecule has 0 aliphatic carbocycles. The summed E-state index contributed by atoms with van der Waals surface area (Å²) in [5.74, 6) is -1.28. The lowest BCUT2D eigenvalue weighted by Crippen LogP contribution is -2.35. The summed E-state index contributed by atoms with van der Waals surface area (Å²) in [5.41, 5.74) is 0.674. The highest BCUT2D eigenvalue weighted by Crippen LogP contribution is 2.35. The zero-order valence-electron chi connectivity index (χ0n) is 11.7. The van der Waals surface area contributed by atoms with E-state index in [4.69, 9.17) is 23.2 Å². The van der Waals surface area contributed by atoms with Gasteiger partial charge in [-0.2, -0.15) is 0 Å². The molecule has 1 aliphatic rings. The van der Waals surface area contributed by atoms with Crippen LogP contribution in [-0.4, -0.2) is 17.9 Å². The predicted octanol–water partition coefficient (Wildman–Crippen LogP) is 3.88. The number of imide groups is 1. The standard InChI is InChI=1S/C16H11Cl2FN2O2/c17-11-5-2-6-13(15(11)18)21-14(22)8-12(16(21)23)20-10-4-1-3-9(19)7-10/h1-7,12,20H,8H2. The Bertz CT molecular complexity index is 797. The summed E-state index contributed by atoms with van der Waals surface area (Å²) in [7, 11) is 0. The van der Waals surface area contributed by atoms with E-state index in [1.165, 1.54) is 18.2 Å². The van der Waals surface area contributed by atoms with Crippen LogP contribution in [0.4, 0.5) is 15.8 Å². The average molecular weight is 353 g/mol. The van der Waals surface area contributed by atoms with Gasteiger partial charge in [-0.25, -0.2) is 9.29 Å². The monoisotopic (exact) mass is 352 g/mol. The van der Waals surface area contributed by atoms with E-state index in [-0.39, 0.29) is 22.2 Å². The lowest BCUT2D eigenvalue weighted by molar-refractivity contribution is -0.121. The third kappa shape index (κ3) is 3.02. The summed E-state index contributed by atoms with van der Waals surface area (Å²) in [6.07, 6.45) is -0.0435. The van der Waals surface area contributed by atoms with Gasteiger partial charge in [0, 0.05) is 5.69 Å². The van der Waals surface area contributed by atoms with Gasteiger partial charge >= 0.3 is 0 Å². The summed E-state index contributed by atoms with van der Waals surface area (Å²) >= 11 is 12.0. The number of hydrogen-bond donors (Lipinski definition) is 1. The number of amides is 2. The van der Waals surface area contributed by atoms with Gasteiger partial charge in [-0.05, 0) is 30.3 Å². The molecule has 1 fully saturated rings. The van der Waals surface area contributed by atoms with E-state index in [0.717, 1.165) is 4.90 Å². The zero-order chi connectivity index (χ0) is 16.6. The lowest BCUT2D eigenvalue weighted by atomic mass is 10.2. The summed E-state index contributed by atoms with van der Waals surface area (Å²) in [4.78, 5) is 25.7. The molecule has 1 unspecified atom stereocenters. The summed E-state index contributed by atoms with van der Waals surface area (Å²) < 4.78 is 13.2. The smallest absolute Gasteiger partial charge is 0.256 e. The van der Waals surface area contributed by atoms with Gasteiger partial charge < -0.3 is 5.32 Å². The highest BCUT2D eigenvalue weighted by Gasteiger charge is 2.40. The highest BCUT2D eigenvalue weighted by atomic mass is 35.5. The molecule has 1 N–H and O–H groups in total. The van der Waals surface area contributed by atoms with Crippen LogP contribution >= 0.6 is 23.2 Å². The fraction of sp³-hybridized carbons (Fsp3) is 0.125. The van der Waals surface area contributed by atoms with Crippen molar-refractivity contribution in [1.82, 2.24) is 0 Å². The van der Waals surface area contributed by atoms with Crippen molar-refractivity contribution in [1.29, 1.82) is 0 Å². The molecule has 1 atom stereocenters. The summed E-state index contributed by atoms with van der Waals surface area (Å²) in [5, 5.41) is 3.26. The number of rotatable bonds is 3. The van der Waals surface area contributed by atoms with Crippen molar-refractivity contribution in [3.63, 3.8) is 0 Å². The van der Waals surface area contributed by atoms with Crippen LogP contribution in [0.5, 0.6) is 0 Å². The summed E-state index contributed by atoms with van der Waals surface area (Å²) in [6.45, 7) is 0. The van der Waals surface area contributed by atoms with E-state index in [2.05, 4.69) is 5.32 Å². The van der Waals surface area contributed by atoms with Crippen LogP contribution in [0, 0.1) is 5.82 Å². The second-order valence-corrected chi connectivity index (χ2v) is 5.84. The first-order valence-corrected chi connectivity index (χ1v) is 7.56. The minimum Gasteiger partial charge on any atom is -0.373 e.